The van der Waals surface area contributed by atoms with Gasteiger partial charge in [-0.25, -0.2) is 4.79 Å². The summed E-state index contributed by atoms with van der Waals surface area (Å²) in [5.74, 6) is -0.424. The van der Waals surface area contributed by atoms with E-state index >= 15 is 0 Å². The molecule has 2 N–H and O–H groups in total. The number of aliphatic carboxylic acids is 1. The molecule has 0 aliphatic heterocycles. The van der Waals surface area contributed by atoms with Crippen LogP contribution in [0.2, 0.25) is 0 Å². The zero-order chi connectivity index (χ0) is 17.5. The Labute approximate surface area is 140 Å². The van der Waals surface area contributed by atoms with Crippen molar-refractivity contribution in [3.8, 4) is 11.5 Å². The van der Waals surface area contributed by atoms with Crippen LogP contribution in [0.25, 0.3) is 0 Å². The van der Waals surface area contributed by atoms with E-state index in [2.05, 4.69) is 5.32 Å². The molecule has 1 aromatic carbocycles. The number of rotatable bonds is 8. The van der Waals surface area contributed by atoms with Crippen molar-refractivity contribution in [1.29, 1.82) is 0 Å². The van der Waals surface area contributed by atoms with Gasteiger partial charge in [0.1, 0.15) is 0 Å². The largest absolute Gasteiger partial charge is 0.493 e. The van der Waals surface area contributed by atoms with Crippen LogP contribution in [-0.2, 0) is 9.53 Å². The minimum absolute atomic E-state index is 0.116. The fourth-order valence-electron chi connectivity index (χ4n) is 2.65. The minimum atomic E-state index is -1.13. The van der Waals surface area contributed by atoms with Crippen LogP contribution in [0.5, 0.6) is 11.5 Å². The van der Waals surface area contributed by atoms with E-state index in [-0.39, 0.29) is 12.6 Å². The Morgan fingerprint density at radius 1 is 1.25 bits per heavy atom. The van der Waals surface area contributed by atoms with Gasteiger partial charge in [-0.05, 0) is 43.9 Å². The second kappa shape index (κ2) is 8.54. The standard InChI is InChI=1S/C17H23NO6/c1-22-13-8-7-11(9-14(13)24-12-5-3-4-6-12)16(19)18-10-15(23-2)17(20)21/h7-9,12,15H,3-6,10H2,1-2H3,(H,18,19)(H,20,21). The van der Waals surface area contributed by atoms with Crippen molar-refractivity contribution >= 4 is 11.9 Å². The Bertz CT molecular complexity index is 582. The summed E-state index contributed by atoms with van der Waals surface area (Å²) in [4.78, 5) is 23.1. The number of amides is 1. The average Bonchev–Trinajstić information content (AvgIpc) is 3.08. The van der Waals surface area contributed by atoms with Crippen molar-refractivity contribution in [2.24, 2.45) is 0 Å². The number of benzene rings is 1. The van der Waals surface area contributed by atoms with Crippen molar-refractivity contribution in [3.63, 3.8) is 0 Å². The molecule has 0 heterocycles. The lowest BCUT2D eigenvalue weighted by Gasteiger charge is -2.17. The molecule has 7 nitrogen and oxygen atoms in total. The van der Waals surface area contributed by atoms with E-state index in [1.807, 2.05) is 0 Å². The van der Waals surface area contributed by atoms with E-state index in [1.54, 1.807) is 25.3 Å². The van der Waals surface area contributed by atoms with E-state index in [0.717, 1.165) is 25.7 Å². The fourth-order valence-corrected chi connectivity index (χ4v) is 2.65. The van der Waals surface area contributed by atoms with Gasteiger partial charge in [0.2, 0.25) is 0 Å². The summed E-state index contributed by atoms with van der Waals surface area (Å²) in [6.07, 6.45) is 3.33. The van der Waals surface area contributed by atoms with Gasteiger partial charge < -0.3 is 24.6 Å². The summed E-state index contributed by atoms with van der Waals surface area (Å²) in [6, 6.07) is 4.90. The third-order valence-corrected chi connectivity index (χ3v) is 4.03. The van der Waals surface area contributed by atoms with Gasteiger partial charge >= 0.3 is 5.97 Å². The molecule has 132 valence electrons. The molecule has 1 unspecified atom stereocenters. The molecule has 2 rings (SSSR count). The Hall–Kier alpha value is -2.28. The van der Waals surface area contributed by atoms with E-state index < -0.39 is 18.0 Å². The monoisotopic (exact) mass is 337 g/mol. The lowest BCUT2D eigenvalue weighted by Crippen LogP contribution is -2.37. The van der Waals surface area contributed by atoms with Gasteiger partial charge in [0, 0.05) is 12.7 Å². The highest BCUT2D eigenvalue weighted by atomic mass is 16.5. The summed E-state index contributed by atoms with van der Waals surface area (Å²) >= 11 is 0. The second-order valence-electron chi connectivity index (χ2n) is 5.66. The molecule has 0 radical (unpaired) electrons. The highest BCUT2D eigenvalue weighted by Crippen LogP contribution is 2.32. The third-order valence-electron chi connectivity index (χ3n) is 4.03. The first-order valence-corrected chi connectivity index (χ1v) is 7.93. The van der Waals surface area contributed by atoms with Crippen molar-refractivity contribution in [2.45, 2.75) is 37.9 Å². The lowest BCUT2D eigenvalue weighted by atomic mass is 10.1. The summed E-state index contributed by atoms with van der Waals surface area (Å²) < 4.78 is 16.0. The quantitative estimate of drug-likeness (QED) is 0.752. The Balaban J connectivity index is 2.06. The van der Waals surface area contributed by atoms with Crippen molar-refractivity contribution in [1.82, 2.24) is 5.32 Å². The van der Waals surface area contributed by atoms with E-state index in [1.165, 1.54) is 7.11 Å². The Morgan fingerprint density at radius 2 is 1.96 bits per heavy atom. The predicted molar refractivity (Wildman–Crippen MR) is 86.6 cm³/mol. The summed E-state index contributed by atoms with van der Waals surface area (Å²) in [7, 11) is 2.83. The van der Waals surface area contributed by atoms with Gasteiger partial charge in [0.25, 0.3) is 5.91 Å². The second-order valence-corrected chi connectivity index (χ2v) is 5.66. The first-order chi connectivity index (χ1) is 11.5. The maximum atomic E-state index is 12.2. The molecule has 1 saturated carbocycles. The van der Waals surface area contributed by atoms with Crippen LogP contribution in [0.4, 0.5) is 0 Å². The molecule has 0 saturated heterocycles. The summed E-state index contributed by atoms with van der Waals surface area (Å²) in [5.41, 5.74) is 0.379. The van der Waals surface area contributed by atoms with Crippen LogP contribution >= 0.6 is 0 Å². The predicted octanol–water partition coefficient (Wildman–Crippen LogP) is 1.85. The fraction of sp³-hybridized carbons (Fsp3) is 0.529. The minimum Gasteiger partial charge on any atom is -0.493 e. The molecular formula is C17H23NO6. The van der Waals surface area contributed by atoms with Crippen LogP contribution in [0.15, 0.2) is 18.2 Å². The molecule has 1 aliphatic carbocycles. The normalized spacial score (nSPS) is 15.8. The number of hydrogen-bond acceptors (Lipinski definition) is 5. The zero-order valence-corrected chi connectivity index (χ0v) is 13.9. The molecular weight excluding hydrogens is 314 g/mol. The molecule has 1 amide bonds. The third kappa shape index (κ3) is 4.61. The molecule has 24 heavy (non-hydrogen) atoms. The highest BCUT2D eigenvalue weighted by Gasteiger charge is 2.21. The molecule has 0 spiro atoms. The van der Waals surface area contributed by atoms with Crippen LogP contribution in [0.1, 0.15) is 36.0 Å². The Kier molecular flexibility index (Phi) is 6.43. The number of ether oxygens (including phenoxy) is 3. The molecule has 7 heteroatoms. The number of nitrogens with one attached hydrogen (secondary N) is 1. The first kappa shape index (κ1) is 18.1. The van der Waals surface area contributed by atoms with Crippen LogP contribution in [-0.4, -0.2) is 50.0 Å². The van der Waals surface area contributed by atoms with Crippen LogP contribution in [0, 0.1) is 0 Å². The number of carboxylic acid groups (broad SMARTS) is 1. The van der Waals surface area contributed by atoms with Crippen LogP contribution < -0.4 is 14.8 Å². The number of hydrogen-bond donors (Lipinski definition) is 2. The van der Waals surface area contributed by atoms with Gasteiger partial charge in [-0.1, -0.05) is 0 Å². The zero-order valence-electron chi connectivity index (χ0n) is 13.9. The van der Waals surface area contributed by atoms with Gasteiger partial charge in [0.15, 0.2) is 17.6 Å². The van der Waals surface area contributed by atoms with Crippen molar-refractivity contribution in [2.75, 3.05) is 20.8 Å². The van der Waals surface area contributed by atoms with Crippen molar-refractivity contribution in [3.05, 3.63) is 23.8 Å². The maximum Gasteiger partial charge on any atom is 0.334 e. The molecule has 1 aromatic rings. The van der Waals surface area contributed by atoms with E-state index in [9.17, 15) is 9.59 Å². The topological polar surface area (TPSA) is 94.1 Å². The van der Waals surface area contributed by atoms with E-state index in [0.29, 0.717) is 17.1 Å². The van der Waals surface area contributed by atoms with Gasteiger partial charge in [0.05, 0.1) is 19.8 Å². The number of carbonyl (C=O) groups excluding carboxylic acids is 1. The van der Waals surface area contributed by atoms with Gasteiger partial charge in [-0.15, -0.1) is 0 Å². The number of methoxy groups -OCH3 is 2. The molecule has 1 fully saturated rings. The maximum absolute atomic E-state index is 12.2. The lowest BCUT2D eigenvalue weighted by molar-refractivity contribution is -0.148. The number of carboxylic acids is 1. The molecule has 1 aliphatic rings. The summed E-state index contributed by atoms with van der Waals surface area (Å²) in [6.45, 7) is -0.116. The highest BCUT2D eigenvalue weighted by molar-refractivity contribution is 5.95. The van der Waals surface area contributed by atoms with Gasteiger partial charge in [-0.3, -0.25) is 4.79 Å². The number of carbonyl (C=O) groups is 2. The summed E-state index contributed by atoms with van der Waals surface area (Å²) in [5, 5.41) is 11.5. The van der Waals surface area contributed by atoms with E-state index in [4.69, 9.17) is 19.3 Å². The van der Waals surface area contributed by atoms with Gasteiger partial charge in [-0.2, -0.15) is 0 Å². The SMILES string of the molecule is COc1ccc(C(=O)NCC(OC)C(=O)O)cc1OC1CCCC1. The Morgan fingerprint density at radius 3 is 2.54 bits per heavy atom. The van der Waals surface area contributed by atoms with Crippen molar-refractivity contribution < 1.29 is 28.9 Å². The smallest absolute Gasteiger partial charge is 0.334 e. The first-order valence-electron chi connectivity index (χ1n) is 7.93. The molecule has 0 bridgehead atoms. The van der Waals surface area contributed by atoms with Crippen LogP contribution in [0.3, 0.4) is 0 Å². The molecule has 1 atom stereocenters. The molecule has 0 aromatic heterocycles. The average molecular weight is 337 g/mol.